The predicted molar refractivity (Wildman–Crippen MR) is 93.9 cm³/mol. The van der Waals surface area contributed by atoms with Gasteiger partial charge in [0, 0.05) is 6.08 Å². The lowest BCUT2D eigenvalue weighted by Gasteiger charge is -2.13. The highest BCUT2D eigenvalue weighted by molar-refractivity contribution is 5.92. The quantitative estimate of drug-likeness (QED) is 0.812. The molecule has 0 fully saturated rings. The minimum absolute atomic E-state index is 0.0482. The van der Waals surface area contributed by atoms with Gasteiger partial charge < -0.3 is 10.2 Å². The number of carboxylic acids is 1. The number of carboxylic acid groups (broad SMARTS) is 1. The summed E-state index contributed by atoms with van der Waals surface area (Å²) in [6, 6.07) is 15.9. The minimum atomic E-state index is -0.970. The maximum atomic E-state index is 11.0. The van der Waals surface area contributed by atoms with Gasteiger partial charge in [0.05, 0.1) is 6.61 Å². The van der Waals surface area contributed by atoms with E-state index in [0.29, 0.717) is 5.57 Å². The molecule has 0 saturated carbocycles. The molecule has 0 radical (unpaired) electrons. The van der Waals surface area contributed by atoms with Gasteiger partial charge in [0.15, 0.2) is 0 Å². The molecule has 3 nitrogen and oxygen atoms in total. The summed E-state index contributed by atoms with van der Waals surface area (Å²) >= 11 is 0. The van der Waals surface area contributed by atoms with Crippen LogP contribution in [0.3, 0.4) is 0 Å². The van der Waals surface area contributed by atoms with E-state index < -0.39 is 5.97 Å². The van der Waals surface area contributed by atoms with E-state index in [4.69, 9.17) is 10.2 Å². The molecular formula is C20H20O3. The van der Waals surface area contributed by atoms with Crippen molar-refractivity contribution < 1.29 is 15.0 Å². The topological polar surface area (TPSA) is 57.5 Å². The zero-order valence-corrected chi connectivity index (χ0v) is 13.3. The molecule has 0 saturated heterocycles. The van der Waals surface area contributed by atoms with Crippen LogP contribution in [0.15, 0.2) is 60.7 Å². The van der Waals surface area contributed by atoms with Gasteiger partial charge in [0.1, 0.15) is 0 Å². The predicted octanol–water partition coefficient (Wildman–Crippen LogP) is 4.24. The first-order valence-corrected chi connectivity index (χ1v) is 7.42. The molecule has 0 amide bonds. The van der Waals surface area contributed by atoms with Crippen molar-refractivity contribution in [3.8, 4) is 11.1 Å². The minimum Gasteiger partial charge on any atom is -0.478 e. The lowest BCUT2D eigenvalue weighted by atomic mass is 9.91. The van der Waals surface area contributed by atoms with E-state index >= 15 is 0 Å². The van der Waals surface area contributed by atoms with Crippen molar-refractivity contribution in [3.05, 3.63) is 71.8 Å². The van der Waals surface area contributed by atoms with Crippen LogP contribution in [0.25, 0.3) is 22.3 Å². The van der Waals surface area contributed by atoms with Crippen LogP contribution in [0, 0.1) is 0 Å². The molecule has 0 aromatic heterocycles. The fraction of sp³-hybridized carbons (Fsp3) is 0.150. The third-order valence-corrected chi connectivity index (χ3v) is 3.71. The van der Waals surface area contributed by atoms with Gasteiger partial charge >= 0.3 is 5.97 Å². The van der Waals surface area contributed by atoms with Crippen LogP contribution in [0.5, 0.6) is 0 Å². The smallest absolute Gasteiger partial charge is 0.328 e. The van der Waals surface area contributed by atoms with E-state index in [-0.39, 0.29) is 6.61 Å². The molecule has 0 bridgehead atoms. The largest absolute Gasteiger partial charge is 0.478 e. The molecule has 2 N–H and O–H groups in total. The van der Waals surface area contributed by atoms with E-state index in [1.807, 2.05) is 55.5 Å². The van der Waals surface area contributed by atoms with Gasteiger partial charge in [-0.15, -0.1) is 0 Å². The fourth-order valence-electron chi connectivity index (χ4n) is 2.53. The summed E-state index contributed by atoms with van der Waals surface area (Å²) in [7, 11) is 0. The number of aliphatic hydroxyl groups is 1. The molecule has 0 unspecified atom stereocenters. The SMILES string of the molecule is C/C(=C/CO)c1ccc(-c2ccccc2)cc1/C(C)=C\C(=O)O. The molecule has 3 heteroatoms. The molecule has 0 aliphatic heterocycles. The number of aliphatic carboxylic acids is 1. The number of hydrogen-bond acceptors (Lipinski definition) is 2. The zero-order valence-electron chi connectivity index (χ0n) is 13.3. The van der Waals surface area contributed by atoms with Crippen molar-refractivity contribution in [2.45, 2.75) is 13.8 Å². The summed E-state index contributed by atoms with van der Waals surface area (Å²) in [4.78, 5) is 11.0. The van der Waals surface area contributed by atoms with Crippen LogP contribution in [-0.2, 0) is 4.79 Å². The van der Waals surface area contributed by atoms with Crippen LogP contribution in [0.1, 0.15) is 25.0 Å². The fourth-order valence-corrected chi connectivity index (χ4v) is 2.53. The van der Waals surface area contributed by atoms with Gasteiger partial charge in [-0.1, -0.05) is 48.5 Å². The van der Waals surface area contributed by atoms with Crippen LogP contribution >= 0.6 is 0 Å². The van der Waals surface area contributed by atoms with Crippen molar-refractivity contribution in [1.82, 2.24) is 0 Å². The molecule has 0 spiro atoms. The molecule has 0 aliphatic carbocycles. The Labute approximate surface area is 136 Å². The number of allylic oxidation sites excluding steroid dienone is 2. The molecule has 2 rings (SSSR count). The third-order valence-electron chi connectivity index (χ3n) is 3.71. The Kier molecular flexibility index (Phi) is 5.50. The van der Waals surface area contributed by atoms with Gasteiger partial charge in [-0.2, -0.15) is 0 Å². The van der Waals surface area contributed by atoms with E-state index in [2.05, 4.69) is 0 Å². The normalized spacial score (nSPS) is 12.3. The summed E-state index contributed by atoms with van der Waals surface area (Å²) in [6.07, 6.45) is 2.93. The highest BCUT2D eigenvalue weighted by atomic mass is 16.4. The summed E-state index contributed by atoms with van der Waals surface area (Å²) in [5.41, 5.74) is 5.48. The molecule has 0 atom stereocenters. The van der Waals surface area contributed by atoms with Crippen molar-refractivity contribution in [3.63, 3.8) is 0 Å². The van der Waals surface area contributed by atoms with Crippen molar-refractivity contribution >= 4 is 17.1 Å². The van der Waals surface area contributed by atoms with Crippen molar-refractivity contribution in [2.24, 2.45) is 0 Å². The van der Waals surface area contributed by atoms with E-state index in [9.17, 15) is 4.79 Å². The van der Waals surface area contributed by atoms with Gasteiger partial charge in [0.25, 0.3) is 0 Å². The van der Waals surface area contributed by atoms with Crippen molar-refractivity contribution in [2.75, 3.05) is 6.61 Å². The van der Waals surface area contributed by atoms with Crippen LogP contribution in [0.2, 0.25) is 0 Å². The maximum Gasteiger partial charge on any atom is 0.328 e. The molecule has 0 aliphatic rings. The Balaban J connectivity index is 2.61. The van der Waals surface area contributed by atoms with Crippen LogP contribution in [-0.4, -0.2) is 22.8 Å². The van der Waals surface area contributed by atoms with E-state index in [1.165, 1.54) is 6.08 Å². The third kappa shape index (κ3) is 4.18. The average Bonchev–Trinajstić information content (AvgIpc) is 2.54. The average molecular weight is 308 g/mol. The lowest BCUT2D eigenvalue weighted by Crippen LogP contribution is -1.95. The molecule has 118 valence electrons. The van der Waals surface area contributed by atoms with Crippen LogP contribution < -0.4 is 0 Å². The molecule has 0 heterocycles. The van der Waals surface area contributed by atoms with Crippen LogP contribution in [0.4, 0.5) is 0 Å². The Morgan fingerprint density at radius 1 is 0.957 bits per heavy atom. The Morgan fingerprint density at radius 3 is 2.26 bits per heavy atom. The lowest BCUT2D eigenvalue weighted by molar-refractivity contribution is -0.131. The summed E-state index contributed by atoms with van der Waals surface area (Å²) in [5.74, 6) is -0.970. The monoisotopic (exact) mass is 308 g/mol. The molecular weight excluding hydrogens is 288 g/mol. The maximum absolute atomic E-state index is 11.0. The second-order valence-corrected chi connectivity index (χ2v) is 5.36. The first-order valence-electron chi connectivity index (χ1n) is 7.42. The van der Waals surface area contributed by atoms with E-state index in [1.54, 1.807) is 13.0 Å². The standard InChI is InChI=1S/C20H20O3/c1-14(10-11-21)18-9-8-17(16-6-4-3-5-7-16)13-19(18)15(2)12-20(22)23/h3-10,12-13,21H,11H2,1-2H3,(H,22,23)/b14-10-,15-12-. The second-order valence-electron chi connectivity index (χ2n) is 5.36. The van der Waals surface area contributed by atoms with E-state index in [0.717, 1.165) is 27.8 Å². The zero-order chi connectivity index (χ0) is 16.8. The van der Waals surface area contributed by atoms with Gasteiger partial charge in [-0.3, -0.25) is 0 Å². The second kappa shape index (κ2) is 7.56. The number of aliphatic hydroxyl groups excluding tert-OH is 1. The summed E-state index contributed by atoms with van der Waals surface area (Å²) < 4.78 is 0. The van der Waals surface area contributed by atoms with Crippen molar-refractivity contribution in [1.29, 1.82) is 0 Å². The highest BCUT2D eigenvalue weighted by Crippen LogP contribution is 2.30. The Bertz CT molecular complexity index is 756. The molecule has 2 aromatic rings. The summed E-state index contributed by atoms with van der Waals surface area (Å²) in [5, 5.41) is 18.2. The Morgan fingerprint density at radius 2 is 1.65 bits per heavy atom. The van der Waals surface area contributed by atoms with Gasteiger partial charge in [-0.25, -0.2) is 4.79 Å². The van der Waals surface area contributed by atoms with Gasteiger partial charge in [-0.05, 0) is 53.3 Å². The number of rotatable bonds is 5. The van der Waals surface area contributed by atoms with Gasteiger partial charge in [0.2, 0.25) is 0 Å². The number of carbonyl (C=O) groups is 1. The first-order chi connectivity index (χ1) is 11.0. The highest BCUT2D eigenvalue weighted by Gasteiger charge is 2.10. The number of hydrogen-bond donors (Lipinski definition) is 2. The number of benzene rings is 2. The molecule has 2 aromatic carbocycles. The first kappa shape index (κ1) is 16.7. The summed E-state index contributed by atoms with van der Waals surface area (Å²) in [6.45, 7) is 3.65. The molecule has 23 heavy (non-hydrogen) atoms. The Hall–Kier alpha value is -2.65.